The molecule has 0 fully saturated rings. The molecular weight excluding hydrogens is 384 g/mol. The Balaban J connectivity index is 1.94. The van der Waals surface area contributed by atoms with Crippen molar-refractivity contribution in [3.05, 3.63) is 53.6 Å². The van der Waals surface area contributed by atoms with Crippen molar-refractivity contribution in [3.63, 3.8) is 0 Å². The number of benzene rings is 2. The fourth-order valence-corrected chi connectivity index (χ4v) is 2.69. The maximum Gasteiger partial charge on any atom is 0.251 e. The predicted molar refractivity (Wildman–Crippen MR) is 118 cm³/mol. The van der Waals surface area contributed by atoms with E-state index in [1.54, 1.807) is 38.3 Å². The topological polar surface area (TPSA) is 109 Å². The number of amides is 3. The fourth-order valence-electron chi connectivity index (χ4n) is 2.69. The Hall–Kier alpha value is -3.39. The van der Waals surface area contributed by atoms with Gasteiger partial charge in [-0.1, -0.05) is 19.1 Å². The van der Waals surface area contributed by atoms with E-state index in [2.05, 4.69) is 21.3 Å². The Kier molecular flexibility index (Phi) is 8.83. The largest absolute Gasteiger partial charge is 0.383 e. The maximum absolute atomic E-state index is 12.3. The number of carbonyl (C=O) groups excluding carboxylic acids is 3. The van der Waals surface area contributed by atoms with Crippen molar-refractivity contribution < 1.29 is 19.1 Å². The number of hydrogen-bond donors (Lipinski definition) is 4. The van der Waals surface area contributed by atoms with Crippen LogP contribution in [0.5, 0.6) is 0 Å². The minimum atomic E-state index is -0.255. The molecule has 2 aromatic rings. The zero-order valence-electron chi connectivity index (χ0n) is 17.5. The van der Waals surface area contributed by atoms with Gasteiger partial charge in [0.15, 0.2) is 0 Å². The minimum Gasteiger partial charge on any atom is -0.383 e. The van der Waals surface area contributed by atoms with Gasteiger partial charge in [-0.25, -0.2) is 0 Å². The van der Waals surface area contributed by atoms with Gasteiger partial charge in [0.1, 0.15) is 0 Å². The number of rotatable bonds is 10. The highest BCUT2D eigenvalue weighted by molar-refractivity contribution is 5.98. The molecular formula is C22H28N4O4. The summed E-state index contributed by atoms with van der Waals surface area (Å²) < 4.78 is 4.91. The Morgan fingerprint density at radius 1 is 0.967 bits per heavy atom. The van der Waals surface area contributed by atoms with Crippen LogP contribution in [0.25, 0.3) is 0 Å². The predicted octanol–water partition coefficient (Wildman–Crippen LogP) is 2.77. The van der Waals surface area contributed by atoms with Gasteiger partial charge in [0, 0.05) is 42.7 Å². The molecule has 8 heteroatoms. The summed E-state index contributed by atoms with van der Waals surface area (Å²) in [5, 5.41) is 11.4. The van der Waals surface area contributed by atoms with Crippen LogP contribution in [-0.2, 0) is 14.3 Å². The Bertz CT molecular complexity index is 898. The van der Waals surface area contributed by atoms with E-state index >= 15 is 0 Å². The molecule has 30 heavy (non-hydrogen) atoms. The highest BCUT2D eigenvalue weighted by Crippen LogP contribution is 2.23. The third-order valence-electron chi connectivity index (χ3n) is 4.37. The van der Waals surface area contributed by atoms with Gasteiger partial charge in [0.25, 0.3) is 5.91 Å². The highest BCUT2D eigenvalue weighted by Gasteiger charge is 2.10. The number of carbonyl (C=O) groups is 3. The molecule has 0 radical (unpaired) electrons. The summed E-state index contributed by atoms with van der Waals surface area (Å²) in [4.78, 5) is 36.1. The van der Waals surface area contributed by atoms with Crippen LogP contribution in [0, 0.1) is 6.92 Å². The first-order valence-corrected chi connectivity index (χ1v) is 9.75. The van der Waals surface area contributed by atoms with E-state index in [1.807, 2.05) is 25.1 Å². The van der Waals surface area contributed by atoms with Gasteiger partial charge in [-0.05, 0) is 42.8 Å². The smallest absolute Gasteiger partial charge is 0.251 e. The number of nitrogens with one attached hydrogen (secondary N) is 4. The second-order valence-electron chi connectivity index (χ2n) is 6.61. The van der Waals surface area contributed by atoms with Crippen molar-refractivity contribution >= 4 is 34.8 Å². The van der Waals surface area contributed by atoms with E-state index in [0.29, 0.717) is 36.5 Å². The number of ether oxygens (including phenoxy) is 1. The lowest BCUT2D eigenvalue weighted by molar-refractivity contribution is -0.116. The molecule has 0 heterocycles. The highest BCUT2D eigenvalue weighted by atomic mass is 16.5. The van der Waals surface area contributed by atoms with Crippen LogP contribution in [0.1, 0.15) is 29.3 Å². The van der Waals surface area contributed by atoms with Crippen molar-refractivity contribution in [2.75, 3.05) is 42.8 Å². The summed E-state index contributed by atoms with van der Waals surface area (Å²) in [6.07, 6.45) is 0.392. The van der Waals surface area contributed by atoms with E-state index in [0.717, 1.165) is 11.3 Å². The molecule has 0 saturated carbocycles. The lowest BCUT2D eigenvalue weighted by atomic mass is 10.1. The SMILES string of the molecule is CCC(=O)Nc1cccc(NCC(=O)Nc2cccc(C(=O)NCCOC)c2)c1C. The lowest BCUT2D eigenvalue weighted by Crippen LogP contribution is -2.27. The van der Waals surface area contributed by atoms with E-state index in [4.69, 9.17) is 4.74 Å². The zero-order chi connectivity index (χ0) is 21.9. The average molecular weight is 412 g/mol. The van der Waals surface area contributed by atoms with Crippen LogP contribution in [0.3, 0.4) is 0 Å². The van der Waals surface area contributed by atoms with Crippen molar-refractivity contribution in [2.24, 2.45) is 0 Å². The van der Waals surface area contributed by atoms with Gasteiger partial charge in [-0.15, -0.1) is 0 Å². The lowest BCUT2D eigenvalue weighted by Gasteiger charge is -2.14. The van der Waals surface area contributed by atoms with Crippen molar-refractivity contribution in [3.8, 4) is 0 Å². The van der Waals surface area contributed by atoms with Crippen LogP contribution in [-0.4, -0.2) is 44.5 Å². The Morgan fingerprint density at radius 2 is 1.70 bits per heavy atom. The zero-order valence-corrected chi connectivity index (χ0v) is 17.5. The van der Waals surface area contributed by atoms with E-state index in [-0.39, 0.29) is 24.3 Å². The molecule has 0 saturated heterocycles. The van der Waals surface area contributed by atoms with Gasteiger partial charge < -0.3 is 26.0 Å². The van der Waals surface area contributed by atoms with Gasteiger partial charge in [0.2, 0.25) is 11.8 Å². The second-order valence-corrected chi connectivity index (χ2v) is 6.61. The maximum atomic E-state index is 12.3. The van der Waals surface area contributed by atoms with Crippen molar-refractivity contribution in [1.82, 2.24) is 5.32 Å². The molecule has 0 aromatic heterocycles. The monoisotopic (exact) mass is 412 g/mol. The molecule has 0 bridgehead atoms. The molecule has 0 spiro atoms. The summed E-state index contributed by atoms with van der Waals surface area (Å²) >= 11 is 0. The Labute approximate surface area is 176 Å². The van der Waals surface area contributed by atoms with Crippen LogP contribution in [0.15, 0.2) is 42.5 Å². The molecule has 0 unspecified atom stereocenters. The average Bonchev–Trinajstić information content (AvgIpc) is 2.74. The quantitative estimate of drug-likeness (QED) is 0.449. The van der Waals surface area contributed by atoms with Crippen LogP contribution >= 0.6 is 0 Å². The molecule has 0 aliphatic rings. The van der Waals surface area contributed by atoms with Gasteiger partial charge >= 0.3 is 0 Å². The summed E-state index contributed by atoms with van der Waals surface area (Å²) in [5.74, 6) is -0.559. The van der Waals surface area contributed by atoms with Crippen LogP contribution in [0.2, 0.25) is 0 Å². The molecule has 2 aromatic carbocycles. The first-order chi connectivity index (χ1) is 14.4. The molecule has 0 aliphatic carbocycles. The molecule has 0 aliphatic heterocycles. The molecule has 0 atom stereocenters. The third kappa shape index (κ3) is 6.89. The van der Waals surface area contributed by atoms with Gasteiger partial charge in [-0.2, -0.15) is 0 Å². The van der Waals surface area contributed by atoms with Crippen LogP contribution in [0.4, 0.5) is 17.1 Å². The van der Waals surface area contributed by atoms with E-state index in [9.17, 15) is 14.4 Å². The van der Waals surface area contributed by atoms with Gasteiger partial charge in [0.05, 0.1) is 13.2 Å². The normalized spacial score (nSPS) is 10.2. The minimum absolute atomic E-state index is 0.0380. The van der Waals surface area contributed by atoms with E-state index < -0.39 is 0 Å². The van der Waals surface area contributed by atoms with Gasteiger partial charge in [-0.3, -0.25) is 14.4 Å². The molecule has 2 rings (SSSR count). The molecule has 160 valence electrons. The number of anilines is 3. The first kappa shape index (κ1) is 22.9. The van der Waals surface area contributed by atoms with Crippen molar-refractivity contribution in [1.29, 1.82) is 0 Å². The number of hydrogen-bond acceptors (Lipinski definition) is 5. The van der Waals surface area contributed by atoms with Crippen LogP contribution < -0.4 is 21.3 Å². The summed E-state index contributed by atoms with van der Waals surface area (Å²) in [7, 11) is 1.56. The molecule has 4 N–H and O–H groups in total. The second kappa shape index (κ2) is 11.6. The van der Waals surface area contributed by atoms with E-state index in [1.165, 1.54) is 0 Å². The third-order valence-corrected chi connectivity index (χ3v) is 4.37. The summed E-state index contributed by atoms with van der Waals surface area (Å²) in [5.41, 5.74) is 3.29. The standard InChI is InChI=1S/C22H28N4O4/c1-4-20(27)26-19-10-6-9-18(15(19)2)24-14-21(28)25-17-8-5-7-16(13-17)22(29)23-11-12-30-3/h5-10,13,24H,4,11-12,14H2,1-3H3,(H,23,29)(H,25,28)(H,26,27). The summed E-state index contributed by atoms with van der Waals surface area (Å²) in [6, 6.07) is 12.2. The molecule has 3 amide bonds. The first-order valence-electron chi connectivity index (χ1n) is 9.75. The summed E-state index contributed by atoms with van der Waals surface area (Å²) in [6.45, 7) is 4.53. The van der Waals surface area contributed by atoms with Crippen molar-refractivity contribution in [2.45, 2.75) is 20.3 Å². The molecule has 8 nitrogen and oxygen atoms in total. The Morgan fingerprint density at radius 3 is 2.43 bits per heavy atom. The number of methoxy groups -OCH3 is 1. The fraction of sp³-hybridized carbons (Fsp3) is 0.318.